The third kappa shape index (κ3) is 3.93. The molecule has 100 valence electrons. The molecule has 1 aromatic carbocycles. The summed E-state index contributed by atoms with van der Waals surface area (Å²) >= 11 is 0. The molecule has 0 bridgehead atoms. The Hall–Kier alpha value is -2.14. The van der Waals surface area contributed by atoms with Gasteiger partial charge in [0.15, 0.2) is 0 Å². The predicted molar refractivity (Wildman–Crippen MR) is 73.1 cm³/mol. The van der Waals surface area contributed by atoms with Crippen LogP contribution in [0.25, 0.3) is 0 Å². The lowest BCUT2D eigenvalue weighted by atomic mass is 10.2. The fourth-order valence-electron chi connectivity index (χ4n) is 1.76. The lowest BCUT2D eigenvalue weighted by molar-refractivity contribution is 0.318. The highest BCUT2D eigenvalue weighted by Crippen LogP contribution is 2.12. The first-order valence-electron chi connectivity index (χ1n) is 6.16. The van der Waals surface area contributed by atoms with Gasteiger partial charge in [-0.05, 0) is 24.6 Å². The van der Waals surface area contributed by atoms with E-state index in [-0.39, 0.29) is 12.1 Å². The van der Waals surface area contributed by atoms with Crippen LogP contribution in [0.15, 0.2) is 35.1 Å². The van der Waals surface area contributed by atoms with Gasteiger partial charge in [-0.15, -0.1) is 0 Å². The first-order chi connectivity index (χ1) is 9.17. The smallest absolute Gasteiger partial charge is 0.251 e. The van der Waals surface area contributed by atoms with Crippen LogP contribution in [0.2, 0.25) is 0 Å². The maximum absolute atomic E-state index is 11.4. The first kappa shape index (κ1) is 13.3. The maximum Gasteiger partial charge on any atom is 0.251 e. The number of aryl methyl sites for hydroxylation is 1. The number of aromatic nitrogens is 2. The van der Waals surface area contributed by atoms with Crippen LogP contribution in [0.1, 0.15) is 17.1 Å². The van der Waals surface area contributed by atoms with Crippen molar-refractivity contribution >= 4 is 0 Å². The zero-order chi connectivity index (χ0) is 13.7. The van der Waals surface area contributed by atoms with E-state index in [1.54, 1.807) is 0 Å². The summed E-state index contributed by atoms with van der Waals surface area (Å²) in [6.45, 7) is 2.73. The number of hydrogen-bond acceptors (Lipinski definition) is 4. The van der Waals surface area contributed by atoms with Gasteiger partial charge in [-0.25, -0.2) is 4.98 Å². The monoisotopic (exact) mass is 259 g/mol. The summed E-state index contributed by atoms with van der Waals surface area (Å²) in [7, 11) is 0. The van der Waals surface area contributed by atoms with Gasteiger partial charge in [-0.2, -0.15) is 0 Å². The van der Waals surface area contributed by atoms with E-state index in [0.29, 0.717) is 24.5 Å². The SMILES string of the molecule is Cc1cccc(OCCc2nc(CN)cc(=O)[nH]2)c1. The molecule has 0 atom stereocenters. The minimum atomic E-state index is -0.180. The van der Waals surface area contributed by atoms with Crippen LogP contribution in [0, 0.1) is 6.92 Å². The number of ether oxygens (including phenoxy) is 1. The summed E-state index contributed by atoms with van der Waals surface area (Å²) in [6, 6.07) is 9.23. The third-order valence-corrected chi connectivity index (χ3v) is 2.65. The number of rotatable bonds is 5. The number of benzene rings is 1. The minimum absolute atomic E-state index is 0.180. The summed E-state index contributed by atoms with van der Waals surface area (Å²) in [5.41, 5.74) is 7.04. The highest BCUT2D eigenvalue weighted by molar-refractivity contribution is 5.27. The molecule has 0 radical (unpaired) electrons. The molecule has 0 saturated carbocycles. The van der Waals surface area contributed by atoms with Crippen LogP contribution in [-0.2, 0) is 13.0 Å². The average molecular weight is 259 g/mol. The summed E-state index contributed by atoms with van der Waals surface area (Å²) in [4.78, 5) is 18.3. The Morgan fingerprint density at radius 2 is 2.21 bits per heavy atom. The molecule has 1 aromatic heterocycles. The van der Waals surface area contributed by atoms with Crippen molar-refractivity contribution in [2.45, 2.75) is 19.9 Å². The van der Waals surface area contributed by atoms with Gasteiger partial charge < -0.3 is 15.5 Å². The van der Waals surface area contributed by atoms with Crippen LogP contribution >= 0.6 is 0 Å². The number of H-pyrrole nitrogens is 1. The zero-order valence-corrected chi connectivity index (χ0v) is 10.8. The minimum Gasteiger partial charge on any atom is -0.493 e. The Morgan fingerprint density at radius 3 is 2.95 bits per heavy atom. The van der Waals surface area contributed by atoms with E-state index in [1.165, 1.54) is 6.07 Å². The molecule has 0 aliphatic heterocycles. The molecule has 0 spiro atoms. The Bertz CT molecular complexity index is 608. The number of nitrogens with one attached hydrogen (secondary N) is 1. The van der Waals surface area contributed by atoms with Crippen LogP contribution < -0.4 is 16.0 Å². The quantitative estimate of drug-likeness (QED) is 0.844. The Morgan fingerprint density at radius 1 is 1.37 bits per heavy atom. The van der Waals surface area contributed by atoms with Gasteiger partial charge >= 0.3 is 0 Å². The molecule has 5 nitrogen and oxygen atoms in total. The topological polar surface area (TPSA) is 81.0 Å². The molecule has 0 aliphatic carbocycles. The highest BCUT2D eigenvalue weighted by Gasteiger charge is 2.01. The Labute approximate surface area is 111 Å². The van der Waals surface area contributed by atoms with Gasteiger partial charge in [0, 0.05) is 19.0 Å². The summed E-state index contributed by atoms with van der Waals surface area (Å²) in [5, 5.41) is 0. The highest BCUT2D eigenvalue weighted by atomic mass is 16.5. The lowest BCUT2D eigenvalue weighted by Gasteiger charge is -2.07. The zero-order valence-electron chi connectivity index (χ0n) is 10.8. The van der Waals surface area contributed by atoms with Crippen LogP contribution in [-0.4, -0.2) is 16.6 Å². The van der Waals surface area contributed by atoms with E-state index in [2.05, 4.69) is 9.97 Å². The van der Waals surface area contributed by atoms with Crippen molar-refractivity contribution in [3.63, 3.8) is 0 Å². The molecule has 2 aromatic rings. The fraction of sp³-hybridized carbons (Fsp3) is 0.286. The van der Waals surface area contributed by atoms with Crippen molar-refractivity contribution in [3.8, 4) is 5.75 Å². The molecule has 0 saturated heterocycles. The average Bonchev–Trinajstić information content (AvgIpc) is 2.38. The van der Waals surface area contributed by atoms with Gasteiger partial charge in [0.2, 0.25) is 0 Å². The van der Waals surface area contributed by atoms with E-state index < -0.39 is 0 Å². The first-order valence-corrected chi connectivity index (χ1v) is 6.16. The fourth-order valence-corrected chi connectivity index (χ4v) is 1.76. The normalized spacial score (nSPS) is 10.4. The van der Waals surface area contributed by atoms with Crippen molar-refractivity contribution in [1.82, 2.24) is 9.97 Å². The van der Waals surface area contributed by atoms with E-state index in [1.807, 2.05) is 31.2 Å². The number of aromatic amines is 1. The summed E-state index contributed by atoms with van der Waals surface area (Å²) < 4.78 is 5.61. The van der Waals surface area contributed by atoms with Crippen molar-refractivity contribution in [2.24, 2.45) is 5.73 Å². The van der Waals surface area contributed by atoms with Gasteiger partial charge in [0.05, 0.1) is 12.3 Å². The predicted octanol–water partition coefficient (Wildman–Crippen LogP) is 1.16. The number of hydrogen-bond donors (Lipinski definition) is 2. The van der Waals surface area contributed by atoms with E-state index >= 15 is 0 Å². The van der Waals surface area contributed by atoms with Crippen LogP contribution in [0.5, 0.6) is 5.75 Å². The molecule has 0 aliphatic rings. The third-order valence-electron chi connectivity index (χ3n) is 2.65. The molecule has 19 heavy (non-hydrogen) atoms. The molecule has 0 amide bonds. The van der Waals surface area contributed by atoms with Gasteiger partial charge in [0.1, 0.15) is 11.6 Å². The molecule has 2 rings (SSSR count). The second-order valence-electron chi connectivity index (χ2n) is 4.30. The molecule has 5 heteroatoms. The van der Waals surface area contributed by atoms with Crippen molar-refractivity contribution < 1.29 is 4.74 Å². The van der Waals surface area contributed by atoms with Crippen molar-refractivity contribution in [3.05, 3.63) is 57.8 Å². The number of nitrogens with two attached hydrogens (primary N) is 1. The number of nitrogens with zero attached hydrogens (tertiary/aromatic N) is 1. The molecule has 0 unspecified atom stereocenters. The molecule has 3 N–H and O–H groups in total. The molecule has 1 heterocycles. The second kappa shape index (κ2) is 6.15. The Balaban J connectivity index is 1.96. The standard InChI is InChI=1S/C14H17N3O2/c1-10-3-2-4-12(7-10)19-6-5-13-16-11(9-15)8-14(18)17-13/h2-4,7-8H,5-6,9,15H2,1H3,(H,16,17,18). The van der Waals surface area contributed by atoms with E-state index in [4.69, 9.17) is 10.5 Å². The summed E-state index contributed by atoms with van der Waals surface area (Å²) in [6.07, 6.45) is 0.539. The van der Waals surface area contributed by atoms with Crippen molar-refractivity contribution in [2.75, 3.05) is 6.61 Å². The maximum atomic E-state index is 11.4. The van der Waals surface area contributed by atoms with Gasteiger partial charge in [-0.3, -0.25) is 4.79 Å². The van der Waals surface area contributed by atoms with E-state index in [9.17, 15) is 4.79 Å². The molecular weight excluding hydrogens is 242 g/mol. The molecule has 0 fully saturated rings. The largest absolute Gasteiger partial charge is 0.493 e. The second-order valence-corrected chi connectivity index (χ2v) is 4.30. The molecular formula is C14H17N3O2. The van der Waals surface area contributed by atoms with Crippen LogP contribution in [0.3, 0.4) is 0 Å². The Kier molecular flexibility index (Phi) is 4.30. The summed E-state index contributed by atoms with van der Waals surface area (Å²) in [5.74, 6) is 1.41. The van der Waals surface area contributed by atoms with E-state index in [0.717, 1.165) is 11.3 Å². The van der Waals surface area contributed by atoms with Crippen LogP contribution in [0.4, 0.5) is 0 Å². The van der Waals surface area contributed by atoms with Gasteiger partial charge in [0.25, 0.3) is 5.56 Å². The van der Waals surface area contributed by atoms with Crippen molar-refractivity contribution in [1.29, 1.82) is 0 Å². The van der Waals surface area contributed by atoms with Gasteiger partial charge in [-0.1, -0.05) is 12.1 Å². The lowest BCUT2D eigenvalue weighted by Crippen LogP contribution is -2.16.